The molecule has 42 heavy (non-hydrogen) atoms. The quantitative estimate of drug-likeness (QED) is 0.278. The van der Waals surface area contributed by atoms with Gasteiger partial charge in [-0.25, -0.2) is 14.4 Å². The average Bonchev–Trinajstić information content (AvgIpc) is 3.35. The molecule has 0 aliphatic carbocycles. The first-order valence-corrected chi connectivity index (χ1v) is 14.0. The standard InChI is InChI=1S/C32H40N2O8/c1-19-17-24(35)27(22-13-16-34(26(19)22)30(38)42-32(5,6)7)40-25-14-15-33(29(37)41-31(2,3)4)18-23(25)20-9-11-21(12-10-20)28(36)39-8/h9-13,16-17,23,25,35H,14-15,18H2,1-8H3/t23-,25+/m0/s1. The maximum Gasteiger partial charge on any atom is 0.419 e. The molecule has 0 spiro atoms. The van der Waals surface area contributed by atoms with Crippen molar-refractivity contribution in [2.24, 2.45) is 0 Å². The number of nitrogens with zero attached hydrogens (tertiary/aromatic N) is 2. The Hall–Kier alpha value is -4.21. The van der Waals surface area contributed by atoms with E-state index in [1.807, 2.05) is 32.9 Å². The van der Waals surface area contributed by atoms with Crippen LogP contribution in [0.2, 0.25) is 0 Å². The van der Waals surface area contributed by atoms with Crippen molar-refractivity contribution in [1.82, 2.24) is 9.47 Å². The van der Waals surface area contributed by atoms with Gasteiger partial charge in [-0.1, -0.05) is 12.1 Å². The van der Waals surface area contributed by atoms with Gasteiger partial charge in [-0.2, -0.15) is 0 Å². The number of carbonyl (C=O) groups excluding carboxylic acids is 3. The maximum absolute atomic E-state index is 13.0. The van der Waals surface area contributed by atoms with Crippen LogP contribution in [0.3, 0.4) is 0 Å². The van der Waals surface area contributed by atoms with Crippen LogP contribution in [0.5, 0.6) is 11.5 Å². The Labute approximate surface area is 246 Å². The number of piperidine rings is 1. The number of methoxy groups -OCH3 is 1. The molecule has 1 amide bonds. The first-order valence-electron chi connectivity index (χ1n) is 14.0. The average molecular weight is 581 g/mol. The van der Waals surface area contributed by atoms with Gasteiger partial charge in [-0.15, -0.1) is 0 Å². The molecule has 1 N–H and O–H groups in total. The second-order valence-electron chi connectivity index (χ2n) is 12.6. The molecule has 0 unspecified atom stereocenters. The van der Waals surface area contributed by atoms with E-state index in [1.54, 1.807) is 63.1 Å². The third-order valence-corrected chi connectivity index (χ3v) is 6.91. The summed E-state index contributed by atoms with van der Waals surface area (Å²) in [5, 5.41) is 11.6. The number of hydrogen-bond acceptors (Lipinski definition) is 8. The van der Waals surface area contributed by atoms with E-state index in [0.29, 0.717) is 41.5 Å². The van der Waals surface area contributed by atoms with Crippen LogP contribution in [-0.4, -0.2) is 70.2 Å². The summed E-state index contributed by atoms with van der Waals surface area (Å²) < 4.78 is 24.0. The minimum atomic E-state index is -0.684. The van der Waals surface area contributed by atoms with Crippen molar-refractivity contribution < 1.29 is 38.4 Å². The van der Waals surface area contributed by atoms with Crippen molar-refractivity contribution in [1.29, 1.82) is 0 Å². The molecule has 4 rings (SSSR count). The highest BCUT2D eigenvalue weighted by atomic mass is 16.6. The number of aromatic nitrogens is 1. The predicted octanol–water partition coefficient (Wildman–Crippen LogP) is 6.40. The second-order valence-corrected chi connectivity index (χ2v) is 12.6. The van der Waals surface area contributed by atoms with Gasteiger partial charge >= 0.3 is 18.2 Å². The fourth-order valence-corrected chi connectivity index (χ4v) is 5.10. The highest BCUT2D eigenvalue weighted by Crippen LogP contribution is 2.41. The largest absolute Gasteiger partial charge is 0.504 e. The zero-order valence-corrected chi connectivity index (χ0v) is 25.5. The lowest BCUT2D eigenvalue weighted by Gasteiger charge is -2.39. The molecule has 0 saturated carbocycles. The fourth-order valence-electron chi connectivity index (χ4n) is 5.10. The van der Waals surface area contributed by atoms with Gasteiger partial charge in [0.25, 0.3) is 0 Å². The molecule has 2 heterocycles. The van der Waals surface area contributed by atoms with Gasteiger partial charge in [0, 0.05) is 37.0 Å². The molecule has 2 atom stereocenters. The normalized spacial score (nSPS) is 17.6. The maximum atomic E-state index is 13.0. The van der Waals surface area contributed by atoms with Crippen molar-refractivity contribution in [2.75, 3.05) is 20.2 Å². The van der Waals surface area contributed by atoms with E-state index in [1.165, 1.54) is 11.7 Å². The van der Waals surface area contributed by atoms with E-state index < -0.39 is 35.5 Å². The van der Waals surface area contributed by atoms with Crippen LogP contribution in [0.15, 0.2) is 42.6 Å². The number of benzene rings is 2. The van der Waals surface area contributed by atoms with Gasteiger partial charge in [-0.3, -0.25) is 4.57 Å². The number of hydrogen-bond donors (Lipinski definition) is 1. The van der Waals surface area contributed by atoms with Gasteiger partial charge in [0.15, 0.2) is 11.5 Å². The zero-order chi connectivity index (χ0) is 31.0. The number of carbonyl (C=O) groups is 3. The van der Waals surface area contributed by atoms with Crippen molar-refractivity contribution in [2.45, 2.75) is 78.1 Å². The second kappa shape index (κ2) is 11.6. The third kappa shape index (κ3) is 6.80. The number of ether oxygens (including phenoxy) is 4. The number of phenolic OH excluding ortho intramolecular Hbond substituents is 1. The Kier molecular flexibility index (Phi) is 8.48. The summed E-state index contributed by atoms with van der Waals surface area (Å²) in [5.74, 6) is -0.586. The summed E-state index contributed by atoms with van der Waals surface area (Å²) in [6, 6.07) is 10.3. The summed E-state index contributed by atoms with van der Waals surface area (Å²) in [6.45, 7) is 13.3. The van der Waals surface area contributed by atoms with E-state index >= 15 is 0 Å². The molecule has 2 aromatic carbocycles. The van der Waals surface area contributed by atoms with E-state index in [0.717, 1.165) is 5.56 Å². The molecule has 0 radical (unpaired) electrons. The van der Waals surface area contributed by atoms with Crippen molar-refractivity contribution in [3.8, 4) is 11.5 Å². The Morgan fingerprint density at radius 2 is 1.55 bits per heavy atom. The van der Waals surface area contributed by atoms with Crippen LogP contribution in [-0.2, 0) is 14.2 Å². The zero-order valence-electron chi connectivity index (χ0n) is 25.5. The first-order chi connectivity index (χ1) is 19.6. The summed E-state index contributed by atoms with van der Waals surface area (Å²) >= 11 is 0. The molecular weight excluding hydrogens is 540 g/mol. The molecule has 0 bridgehead atoms. The topological polar surface area (TPSA) is 117 Å². The molecule has 10 nitrogen and oxygen atoms in total. The molecular formula is C32H40N2O8. The van der Waals surface area contributed by atoms with Crippen molar-refractivity contribution >= 4 is 29.1 Å². The Morgan fingerprint density at radius 3 is 2.14 bits per heavy atom. The van der Waals surface area contributed by atoms with Gasteiger partial charge in [0.2, 0.25) is 0 Å². The molecule has 1 fully saturated rings. The Bertz CT molecular complexity index is 1480. The van der Waals surface area contributed by atoms with E-state index in [4.69, 9.17) is 18.9 Å². The SMILES string of the molecule is COC(=O)c1ccc([C@@H]2CN(C(=O)OC(C)(C)C)CC[C@H]2Oc2c(O)cc(C)c3c2ccn3C(=O)OC(C)(C)C)cc1. The summed E-state index contributed by atoms with van der Waals surface area (Å²) in [5.41, 5.74) is 1.16. The van der Waals surface area contributed by atoms with Gasteiger partial charge in [0.1, 0.15) is 17.3 Å². The number of esters is 1. The number of phenols is 1. The highest BCUT2D eigenvalue weighted by Gasteiger charge is 2.37. The number of rotatable bonds is 4. The summed E-state index contributed by atoms with van der Waals surface area (Å²) in [6.07, 6.45) is 0.643. The number of amides is 1. The summed E-state index contributed by atoms with van der Waals surface area (Å²) in [7, 11) is 1.32. The lowest BCUT2D eigenvalue weighted by Crippen LogP contribution is -2.48. The number of aromatic hydroxyl groups is 1. The highest BCUT2D eigenvalue weighted by molar-refractivity contribution is 5.97. The number of aryl methyl sites for hydroxylation is 1. The monoisotopic (exact) mass is 580 g/mol. The minimum Gasteiger partial charge on any atom is -0.504 e. The van der Waals surface area contributed by atoms with Crippen LogP contribution in [0.25, 0.3) is 10.9 Å². The molecule has 1 aliphatic heterocycles. The summed E-state index contributed by atoms with van der Waals surface area (Å²) in [4.78, 5) is 39.6. The number of likely N-dealkylation sites (tertiary alicyclic amines) is 1. The van der Waals surface area contributed by atoms with E-state index in [9.17, 15) is 19.5 Å². The minimum absolute atomic E-state index is 0.0590. The van der Waals surface area contributed by atoms with Crippen LogP contribution in [0.1, 0.15) is 75.4 Å². The molecule has 1 saturated heterocycles. The lowest BCUT2D eigenvalue weighted by molar-refractivity contribution is 0.00756. The predicted molar refractivity (Wildman–Crippen MR) is 157 cm³/mol. The molecule has 226 valence electrons. The van der Waals surface area contributed by atoms with Crippen LogP contribution >= 0.6 is 0 Å². The number of fused-ring (bicyclic) bond motifs is 1. The van der Waals surface area contributed by atoms with Crippen molar-refractivity contribution in [3.63, 3.8) is 0 Å². The smallest absolute Gasteiger partial charge is 0.419 e. The molecule has 3 aromatic rings. The fraction of sp³-hybridized carbons (Fsp3) is 0.469. The molecule has 1 aliphatic rings. The van der Waals surface area contributed by atoms with Gasteiger partial charge in [-0.05, 0) is 83.9 Å². The molecule has 1 aromatic heterocycles. The van der Waals surface area contributed by atoms with Crippen LogP contribution in [0, 0.1) is 6.92 Å². The molecule has 10 heteroatoms. The van der Waals surface area contributed by atoms with E-state index in [-0.39, 0.29) is 17.4 Å². The third-order valence-electron chi connectivity index (χ3n) is 6.91. The van der Waals surface area contributed by atoms with Gasteiger partial charge < -0.3 is 29.0 Å². The van der Waals surface area contributed by atoms with Crippen LogP contribution in [0.4, 0.5) is 9.59 Å². The Balaban J connectivity index is 1.70. The Morgan fingerprint density at radius 1 is 0.929 bits per heavy atom. The van der Waals surface area contributed by atoms with Crippen molar-refractivity contribution in [3.05, 3.63) is 59.3 Å². The first kappa shape index (κ1) is 30.7. The lowest BCUT2D eigenvalue weighted by atomic mass is 9.87. The van der Waals surface area contributed by atoms with Gasteiger partial charge in [0.05, 0.1) is 18.2 Å². The van der Waals surface area contributed by atoms with E-state index in [2.05, 4.69) is 0 Å². The van der Waals surface area contributed by atoms with Crippen LogP contribution < -0.4 is 4.74 Å².